The second kappa shape index (κ2) is 7.74. The van der Waals surface area contributed by atoms with Gasteiger partial charge in [0.15, 0.2) is 0 Å². The molecule has 1 aliphatic heterocycles. The molecule has 3 aliphatic rings. The zero-order valence-electron chi connectivity index (χ0n) is 18.3. The molecule has 2 saturated carbocycles. The second-order valence-electron chi connectivity index (χ2n) is 9.24. The van der Waals surface area contributed by atoms with Crippen molar-refractivity contribution in [3.63, 3.8) is 0 Å². The number of halogens is 1. The van der Waals surface area contributed by atoms with Crippen molar-refractivity contribution in [2.75, 3.05) is 4.90 Å². The second-order valence-corrected chi connectivity index (χ2v) is 9.65. The summed E-state index contributed by atoms with van der Waals surface area (Å²) in [7, 11) is 0. The van der Waals surface area contributed by atoms with Gasteiger partial charge in [-0.25, -0.2) is 4.79 Å². The predicted octanol–water partition coefficient (Wildman–Crippen LogP) is 6.72. The predicted molar refractivity (Wildman–Crippen MR) is 132 cm³/mol. The van der Waals surface area contributed by atoms with Gasteiger partial charge in [0.2, 0.25) is 0 Å². The first-order chi connectivity index (χ1) is 16.4. The summed E-state index contributed by atoms with van der Waals surface area (Å²) < 4.78 is 0. The third-order valence-electron chi connectivity index (χ3n) is 6.90. The van der Waals surface area contributed by atoms with Crippen molar-refractivity contribution in [2.45, 2.75) is 37.5 Å². The monoisotopic (exact) mass is 471 g/mol. The van der Waals surface area contributed by atoms with E-state index in [0.717, 1.165) is 48.1 Å². The highest BCUT2D eigenvalue weighted by molar-refractivity contribution is 6.39. The summed E-state index contributed by atoms with van der Waals surface area (Å²) in [6, 6.07) is 16.1. The average Bonchev–Trinajstić information content (AvgIpc) is 3.72. The van der Waals surface area contributed by atoms with Crippen LogP contribution < -0.4 is 4.90 Å². The molecule has 2 N–H and O–H groups in total. The van der Waals surface area contributed by atoms with Crippen LogP contribution in [0.4, 0.5) is 11.4 Å². The van der Waals surface area contributed by atoms with Crippen molar-refractivity contribution in [3.8, 4) is 5.75 Å². The van der Waals surface area contributed by atoms with E-state index < -0.39 is 5.97 Å². The van der Waals surface area contributed by atoms with Crippen LogP contribution in [-0.2, 0) is 4.79 Å². The Balaban J connectivity index is 1.55. The van der Waals surface area contributed by atoms with Gasteiger partial charge >= 0.3 is 5.97 Å². The summed E-state index contributed by atoms with van der Waals surface area (Å²) >= 11 is 6.63. The number of anilines is 2. The van der Waals surface area contributed by atoms with E-state index in [4.69, 9.17) is 11.6 Å². The molecule has 5 nitrogen and oxygen atoms in total. The number of fused-ring (bicyclic) bond motifs is 1. The van der Waals surface area contributed by atoms with Crippen LogP contribution in [0.25, 0.3) is 11.6 Å². The Kier molecular flexibility index (Phi) is 4.78. The molecule has 6 heteroatoms. The lowest BCUT2D eigenvalue weighted by Crippen LogP contribution is -2.20. The molecule has 2 fully saturated rings. The zero-order chi connectivity index (χ0) is 23.6. The summed E-state index contributed by atoms with van der Waals surface area (Å²) in [5, 5.41) is 20.2. The first-order valence-corrected chi connectivity index (χ1v) is 11.9. The maximum absolute atomic E-state index is 13.9. The molecule has 3 aromatic rings. The minimum absolute atomic E-state index is 0.205. The largest absolute Gasteiger partial charge is 0.507 e. The standard InChI is InChI=1S/C28H22ClNO4/c29-23-5-1-3-18(15-7-8-15)21(23)14-22-26-19(16-9-10-16)4-2-6-24(26)30(27(22)32)17-11-12-20(28(33)34)25(31)13-17/h1-6,11-16,31H,7-10H2,(H,33,34)/b22-14+. The Morgan fingerprint density at radius 2 is 1.65 bits per heavy atom. The third-order valence-corrected chi connectivity index (χ3v) is 7.23. The summed E-state index contributed by atoms with van der Waals surface area (Å²) in [5.74, 6) is -0.926. The van der Waals surface area contributed by atoms with Gasteiger partial charge in [0.25, 0.3) is 5.91 Å². The zero-order valence-corrected chi connectivity index (χ0v) is 19.0. The van der Waals surface area contributed by atoms with E-state index in [-0.39, 0.29) is 17.2 Å². The molecular weight excluding hydrogens is 450 g/mol. The number of aromatic hydroxyl groups is 1. The van der Waals surface area contributed by atoms with Crippen molar-refractivity contribution >= 4 is 46.5 Å². The quantitative estimate of drug-likeness (QED) is 0.405. The number of hydrogen-bond acceptors (Lipinski definition) is 3. The van der Waals surface area contributed by atoms with Gasteiger partial charge in [-0.3, -0.25) is 9.69 Å². The molecular formula is C28H22ClNO4. The van der Waals surface area contributed by atoms with E-state index in [1.165, 1.54) is 17.7 Å². The number of rotatable bonds is 5. The lowest BCUT2D eigenvalue weighted by atomic mass is 9.94. The summed E-state index contributed by atoms with van der Waals surface area (Å²) in [6.45, 7) is 0. The fraction of sp³-hybridized carbons (Fsp3) is 0.214. The lowest BCUT2D eigenvalue weighted by Gasteiger charge is -2.18. The molecule has 0 aromatic heterocycles. The van der Waals surface area contributed by atoms with Crippen LogP contribution in [0.3, 0.4) is 0 Å². The summed E-state index contributed by atoms with van der Waals surface area (Å²) in [5.41, 5.74) is 5.63. The van der Waals surface area contributed by atoms with Crippen LogP contribution in [0.15, 0.2) is 54.6 Å². The number of benzene rings is 3. The van der Waals surface area contributed by atoms with E-state index >= 15 is 0 Å². The average molecular weight is 472 g/mol. The SMILES string of the molecule is O=C(O)c1ccc(N2C(=O)/C(=C/c3c(Cl)cccc3C3CC3)c3c(C4CC4)cccc32)cc1O. The molecule has 170 valence electrons. The molecule has 3 aromatic carbocycles. The molecule has 0 unspecified atom stereocenters. The molecule has 0 radical (unpaired) electrons. The number of carbonyl (C=O) groups is 2. The molecule has 0 spiro atoms. The number of carbonyl (C=O) groups excluding carboxylic acids is 1. The minimum Gasteiger partial charge on any atom is -0.507 e. The Morgan fingerprint density at radius 3 is 2.32 bits per heavy atom. The minimum atomic E-state index is -1.22. The molecule has 34 heavy (non-hydrogen) atoms. The van der Waals surface area contributed by atoms with Gasteiger partial charge < -0.3 is 10.2 Å². The maximum atomic E-state index is 13.9. The van der Waals surface area contributed by atoms with E-state index in [1.807, 2.05) is 30.3 Å². The molecule has 1 heterocycles. The van der Waals surface area contributed by atoms with E-state index in [2.05, 4.69) is 12.1 Å². The molecule has 0 saturated heterocycles. The highest BCUT2D eigenvalue weighted by Crippen LogP contribution is 2.52. The van der Waals surface area contributed by atoms with Gasteiger partial charge in [-0.2, -0.15) is 0 Å². The normalized spacial score (nSPS) is 18.4. The highest BCUT2D eigenvalue weighted by atomic mass is 35.5. The molecule has 0 bridgehead atoms. The van der Waals surface area contributed by atoms with Crippen molar-refractivity contribution < 1.29 is 19.8 Å². The number of hydrogen-bond donors (Lipinski definition) is 2. The van der Waals surface area contributed by atoms with Gasteiger partial charge in [-0.05, 0) is 84.6 Å². The Bertz CT molecular complexity index is 1400. The molecule has 6 rings (SSSR count). The fourth-order valence-corrected chi connectivity index (χ4v) is 5.18. The summed E-state index contributed by atoms with van der Waals surface area (Å²) in [6.07, 6.45) is 6.34. The fourth-order valence-electron chi connectivity index (χ4n) is 4.94. The number of amides is 1. The van der Waals surface area contributed by atoms with Crippen molar-refractivity contribution in [3.05, 3.63) is 87.4 Å². The Hall–Kier alpha value is -3.57. The highest BCUT2D eigenvalue weighted by Gasteiger charge is 2.39. The van der Waals surface area contributed by atoms with Gasteiger partial charge in [0.05, 0.1) is 16.9 Å². The number of phenols is 1. The Labute approximate surface area is 201 Å². The number of aromatic carboxylic acids is 1. The van der Waals surface area contributed by atoms with Crippen molar-refractivity contribution in [1.29, 1.82) is 0 Å². The van der Waals surface area contributed by atoms with Crippen LogP contribution in [0, 0.1) is 0 Å². The summed E-state index contributed by atoms with van der Waals surface area (Å²) in [4.78, 5) is 26.8. The Morgan fingerprint density at radius 1 is 0.971 bits per heavy atom. The topological polar surface area (TPSA) is 77.8 Å². The van der Waals surface area contributed by atoms with Gasteiger partial charge in [0, 0.05) is 16.7 Å². The van der Waals surface area contributed by atoms with Crippen LogP contribution in [-0.4, -0.2) is 22.1 Å². The van der Waals surface area contributed by atoms with E-state index in [0.29, 0.717) is 28.1 Å². The van der Waals surface area contributed by atoms with Crippen LogP contribution >= 0.6 is 11.6 Å². The van der Waals surface area contributed by atoms with Gasteiger partial charge in [0.1, 0.15) is 11.3 Å². The maximum Gasteiger partial charge on any atom is 0.339 e. The first-order valence-electron chi connectivity index (χ1n) is 11.5. The van der Waals surface area contributed by atoms with Crippen LogP contribution in [0.2, 0.25) is 5.02 Å². The van der Waals surface area contributed by atoms with Crippen LogP contribution in [0.1, 0.15) is 70.1 Å². The van der Waals surface area contributed by atoms with Crippen molar-refractivity contribution in [1.82, 2.24) is 0 Å². The number of nitrogens with zero attached hydrogens (tertiary/aromatic N) is 1. The number of carboxylic acids is 1. The van der Waals surface area contributed by atoms with Gasteiger partial charge in [-0.1, -0.05) is 35.9 Å². The smallest absolute Gasteiger partial charge is 0.339 e. The number of carboxylic acid groups (broad SMARTS) is 1. The van der Waals surface area contributed by atoms with E-state index in [1.54, 1.807) is 11.0 Å². The third kappa shape index (κ3) is 3.39. The lowest BCUT2D eigenvalue weighted by molar-refractivity contribution is -0.112. The van der Waals surface area contributed by atoms with E-state index in [9.17, 15) is 19.8 Å². The van der Waals surface area contributed by atoms with Crippen LogP contribution in [0.5, 0.6) is 5.75 Å². The van der Waals surface area contributed by atoms with Crippen molar-refractivity contribution in [2.24, 2.45) is 0 Å². The van der Waals surface area contributed by atoms with Gasteiger partial charge in [-0.15, -0.1) is 0 Å². The molecule has 1 amide bonds. The molecule has 2 aliphatic carbocycles. The first kappa shape index (κ1) is 21.0. The molecule has 0 atom stereocenters.